The molecule has 14 heavy (non-hydrogen) atoms. The van der Waals surface area contributed by atoms with Crippen molar-refractivity contribution < 1.29 is 4.79 Å². The number of primary amides is 1. The van der Waals surface area contributed by atoms with Gasteiger partial charge in [-0.3, -0.25) is 4.79 Å². The highest BCUT2D eigenvalue weighted by atomic mass is 32.1. The number of amides is 1. The number of nitrogens with zero attached hydrogens (tertiary/aromatic N) is 2. The van der Waals surface area contributed by atoms with Crippen LogP contribution >= 0.6 is 11.3 Å². The standard InChI is InChI=1S/C9H13N3OS/c1-12-3-2-6(4-12)7-5-14-9(11-7)8(10)13/h5-6H,2-4H2,1H3,(H2,10,13). The summed E-state index contributed by atoms with van der Waals surface area (Å²) in [5.74, 6) is 0.0527. The van der Waals surface area contributed by atoms with Gasteiger partial charge in [-0.15, -0.1) is 11.3 Å². The zero-order valence-electron chi connectivity index (χ0n) is 8.06. The molecule has 0 spiro atoms. The quantitative estimate of drug-likeness (QED) is 0.781. The Bertz CT molecular complexity index is 350. The van der Waals surface area contributed by atoms with Crippen molar-refractivity contribution >= 4 is 17.2 Å². The van der Waals surface area contributed by atoms with E-state index in [-0.39, 0.29) is 0 Å². The van der Waals surface area contributed by atoms with Gasteiger partial charge in [-0.25, -0.2) is 4.98 Å². The maximum atomic E-state index is 10.9. The number of hydrogen-bond acceptors (Lipinski definition) is 4. The molecule has 5 heteroatoms. The summed E-state index contributed by atoms with van der Waals surface area (Å²) in [7, 11) is 2.10. The molecular weight excluding hydrogens is 198 g/mol. The molecule has 2 rings (SSSR count). The third-order valence-corrected chi connectivity index (χ3v) is 3.42. The van der Waals surface area contributed by atoms with Gasteiger partial charge in [-0.1, -0.05) is 0 Å². The van der Waals surface area contributed by atoms with E-state index < -0.39 is 5.91 Å². The lowest BCUT2D eigenvalue weighted by atomic mass is 10.1. The molecular formula is C9H13N3OS. The predicted molar refractivity (Wildman–Crippen MR) is 55.5 cm³/mol. The highest BCUT2D eigenvalue weighted by Crippen LogP contribution is 2.26. The SMILES string of the molecule is CN1CCC(c2csc(C(N)=O)n2)C1. The molecule has 0 aliphatic carbocycles. The lowest BCUT2D eigenvalue weighted by Crippen LogP contribution is -2.14. The Hall–Kier alpha value is -0.940. The first-order chi connectivity index (χ1) is 6.66. The van der Waals surface area contributed by atoms with Gasteiger partial charge in [0.25, 0.3) is 5.91 Å². The Morgan fingerprint density at radius 2 is 2.57 bits per heavy atom. The first-order valence-electron chi connectivity index (χ1n) is 4.60. The number of nitrogens with two attached hydrogens (primary N) is 1. The molecule has 0 bridgehead atoms. The maximum Gasteiger partial charge on any atom is 0.277 e. The zero-order valence-corrected chi connectivity index (χ0v) is 8.88. The van der Waals surface area contributed by atoms with E-state index in [1.54, 1.807) is 0 Å². The van der Waals surface area contributed by atoms with Gasteiger partial charge in [0.15, 0.2) is 5.01 Å². The summed E-state index contributed by atoms with van der Waals surface area (Å²) in [6, 6.07) is 0. The Kier molecular flexibility index (Phi) is 2.52. The van der Waals surface area contributed by atoms with Crippen LogP contribution in [0.15, 0.2) is 5.38 Å². The first kappa shape index (κ1) is 9.61. The molecule has 1 fully saturated rings. The monoisotopic (exact) mass is 211 g/mol. The molecule has 1 unspecified atom stereocenters. The van der Waals surface area contributed by atoms with Gasteiger partial charge in [0, 0.05) is 17.8 Å². The molecule has 0 aromatic carbocycles. The van der Waals surface area contributed by atoms with E-state index in [0.29, 0.717) is 10.9 Å². The molecule has 0 radical (unpaired) electrons. The summed E-state index contributed by atoms with van der Waals surface area (Å²) in [6.45, 7) is 2.13. The molecule has 2 N–H and O–H groups in total. The predicted octanol–water partition coefficient (Wildman–Crippen LogP) is 0.661. The fourth-order valence-electron chi connectivity index (χ4n) is 1.76. The molecule has 1 aliphatic rings. The van der Waals surface area contributed by atoms with E-state index in [0.717, 1.165) is 25.2 Å². The molecule has 4 nitrogen and oxygen atoms in total. The van der Waals surface area contributed by atoms with Gasteiger partial charge in [-0.05, 0) is 20.0 Å². The zero-order chi connectivity index (χ0) is 10.1. The van der Waals surface area contributed by atoms with Crippen molar-refractivity contribution in [2.75, 3.05) is 20.1 Å². The van der Waals surface area contributed by atoms with Gasteiger partial charge in [0.1, 0.15) is 0 Å². The molecule has 1 aromatic heterocycles. The molecule has 1 aliphatic heterocycles. The average Bonchev–Trinajstić information content (AvgIpc) is 2.70. The van der Waals surface area contributed by atoms with Crippen LogP contribution in [0.5, 0.6) is 0 Å². The van der Waals surface area contributed by atoms with E-state index in [1.807, 2.05) is 5.38 Å². The van der Waals surface area contributed by atoms with Crippen molar-refractivity contribution in [3.63, 3.8) is 0 Å². The number of rotatable bonds is 2. The Morgan fingerprint density at radius 3 is 3.07 bits per heavy atom. The lowest BCUT2D eigenvalue weighted by Gasteiger charge is -2.06. The van der Waals surface area contributed by atoms with Gasteiger partial charge < -0.3 is 10.6 Å². The van der Waals surface area contributed by atoms with Crippen molar-refractivity contribution in [2.45, 2.75) is 12.3 Å². The fourth-order valence-corrected chi connectivity index (χ4v) is 2.52. The molecule has 1 amide bonds. The number of hydrogen-bond donors (Lipinski definition) is 1. The molecule has 1 aromatic rings. The summed E-state index contributed by atoms with van der Waals surface area (Å²) in [4.78, 5) is 17.4. The number of carbonyl (C=O) groups excluding carboxylic acids is 1. The van der Waals surface area contributed by atoms with Crippen LogP contribution in [0.3, 0.4) is 0 Å². The summed E-state index contributed by atoms with van der Waals surface area (Å²) in [5, 5.41) is 2.37. The smallest absolute Gasteiger partial charge is 0.277 e. The number of carbonyl (C=O) groups is 1. The van der Waals surface area contributed by atoms with Crippen LogP contribution in [-0.4, -0.2) is 35.9 Å². The number of aromatic nitrogens is 1. The normalized spacial score (nSPS) is 22.8. The molecule has 1 saturated heterocycles. The minimum absolute atomic E-state index is 0.424. The highest BCUT2D eigenvalue weighted by Gasteiger charge is 2.23. The summed E-state index contributed by atoms with van der Waals surface area (Å²) in [6.07, 6.45) is 1.12. The Labute approximate surface area is 86.7 Å². The lowest BCUT2D eigenvalue weighted by molar-refractivity contribution is 0.0999. The van der Waals surface area contributed by atoms with Crippen LogP contribution in [0.1, 0.15) is 27.8 Å². The van der Waals surface area contributed by atoms with Gasteiger partial charge >= 0.3 is 0 Å². The molecule has 1 atom stereocenters. The van der Waals surface area contributed by atoms with Crippen LogP contribution in [0.2, 0.25) is 0 Å². The molecule has 0 saturated carbocycles. The van der Waals surface area contributed by atoms with Crippen LogP contribution in [0, 0.1) is 0 Å². The minimum atomic E-state index is -0.424. The van der Waals surface area contributed by atoms with Crippen molar-refractivity contribution in [2.24, 2.45) is 5.73 Å². The second-order valence-corrected chi connectivity index (χ2v) is 4.55. The van der Waals surface area contributed by atoms with Crippen molar-refractivity contribution in [1.82, 2.24) is 9.88 Å². The average molecular weight is 211 g/mol. The van der Waals surface area contributed by atoms with E-state index in [9.17, 15) is 4.79 Å². The summed E-state index contributed by atoms with van der Waals surface area (Å²) >= 11 is 1.34. The van der Waals surface area contributed by atoms with E-state index in [1.165, 1.54) is 11.3 Å². The van der Waals surface area contributed by atoms with Crippen molar-refractivity contribution in [3.05, 3.63) is 16.1 Å². The first-order valence-corrected chi connectivity index (χ1v) is 5.48. The fraction of sp³-hybridized carbons (Fsp3) is 0.556. The maximum absolute atomic E-state index is 10.9. The number of likely N-dealkylation sites (tertiary alicyclic amines) is 1. The molecule has 76 valence electrons. The third-order valence-electron chi connectivity index (χ3n) is 2.54. The Balaban J connectivity index is 2.13. The highest BCUT2D eigenvalue weighted by molar-refractivity contribution is 7.11. The minimum Gasteiger partial charge on any atom is -0.364 e. The van der Waals surface area contributed by atoms with Crippen molar-refractivity contribution in [3.8, 4) is 0 Å². The second-order valence-electron chi connectivity index (χ2n) is 3.69. The Morgan fingerprint density at radius 1 is 1.79 bits per heavy atom. The van der Waals surface area contributed by atoms with E-state index in [4.69, 9.17) is 5.73 Å². The van der Waals surface area contributed by atoms with Crippen LogP contribution in [-0.2, 0) is 0 Å². The largest absolute Gasteiger partial charge is 0.364 e. The van der Waals surface area contributed by atoms with Crippen LogP contribution in [0.4, 0.5) is 0 Å². The van der Waals surface area contributed by atoms with Crippen LogP contribution < -0.4 is 5.73 Å². The number of likely N-dealkylation sites (N-methyl/N-ethyl adjacent to an activating group) is 1. The van der Waals surface area contributed by atoms with Gasteiger partial charge in [0.05, 0.1) is 5.69 Å². The number of thiazole rings is 1. The van der Waals surface area contributed by atoms with Gasteiger partial charge in [-0.2, -0.15) is 0 Å². The summed E-state index contributed by atoms with van der Waals surface area (Å²) < 4.78 is 0. The van der Waals surface area contributed by atoms with E-state index in [2.05, 4.69) is 16.9 Å². The molecule has 2 heterocycles. The van der Waals surface area contributed by atoms with E-state index >= 15 is 0 Å². The topological polar surface area (TPSA) is 59.2 Å². The van der Waals surface area contributed by atoms with Crippen molar-refractivity contribution in [1.29, 1.82) is 0 Å². The third kappa shape index (κ3) is 1.78. The van der Waals surface area contributed by atoms with Gasteiger partial charge in [0.2, 0.25) is 0 Å². The van der Waals surface area contributed by atoms with Crippen LogP contribution in [0.25, 0.3) is 0 Å². The summed E-state index contributed by atoms with van der Waals surface area (Å²) in [5.41, 5.74) is 6.17. The second kappa shape index (κ2) is 3.67.